The molecule has 1 heterocycles. The Hall–Kier alpha value is -1.72. The van der Waals surface area contributed by atoms with Crippen molar-refractivity contribution in [2.24, 2.45) is 5.73 Å². The van der Waals surface area contributed by atoms with Crippen LogP contribution in [-0.2, 0) is 6.42 Å². The third kappa shape index (κ3) is 2.51. The molecule has 1 atom stereocenters. The molecule has 0 saturated carbocycles. The Morgan fingerprint density at radius 1 is 1.35 bits per heavy atom. The normalized spacial score (nSPS) is 12.6. The lowest BCUT2D eigenvalue weighted by atomic mass is 10.1. The second-order valence-electron chi connectivity index (χ2n) is 3.80. The highest BCUT2D eigenvalue weighted by atomic mass is 16.5. The van der Waals surface area contributed by atoms with Gasteiger partial charge in [-0.1, -0.05) is 24.2 Å². The molecule has 0 bridgehead atoms. The molecule has 2 aromatic rings. The molecule has 17 heavy (non-hydrogen) atoms. The highest BCUT2D eigenvalue weighted by Crippen LogP contribution is 2.19. The van der Waals surface area contributed by atoms with Gasteiger partial charge in [0.25, 0.3) is 5.89 Å². The van der Waals surface area contributed by atoms with Crippen molar-refractivity contribution in [3.05, 3.63) is 35.7 Å². The lowest BCUT2D eigenvalue weighted by Gasteiger charge is -1.99. The van der Waals surface area contributed by atoms with Gasteiger partial charge in [0, 0.05) is 5.56 Å². The molecule has 0 radical (unpaired) electrons. The van der Waals surface area contributed by atoms with Gasteiger partial charge in [-0.15, -0.1) is 0 Å². The molecule has 0 saturated heterocycles. The number of benzene rings is 1. The minimum absolute atomic E-state index is 0.201. The third-order valence-corrected chi connectivity index (χ3v) is 2.58. The van der Waals surface area contributed by atoms with E-state index in [4.69, 9.17) is 15.4 Å². The molecule has 2 rings (SSSR count). The highest BCUT2D eigenvalue weighted by Gasteiger charge is 2.14. The van der Waals surface area contributed by atoms with E-state index in [0.29, 0.717) is 11.7 Å². The zero-order valence-electron chi connectivity index (χ0n) is 9.63. The van der Waals surface area contributed by atoms with Gasteiger partial charge in [0.15, 0.2) is 5.82 Å². The monoisotopic (exact) mass is 233 g/mol. The molecule has 1 aromatic carbocycles. The second kappa shape index (κ2) is 5.07. The zero-order valence-corrected chi connectivity index (χ0v) is 9.63. The molecule has 3 N–H and O–H groups in total. The van der Waals surface area contributed by atoms with Gasteiger partial charge >= 0.3 is 0 Å². The molecular formula is C12H15N3O2. The SMILES string of the molecule is CCc1ccc(-c2nc(C(N)CO)no2)cc1. The van der Waals surface area contributed by atoms with Gasteiger partial charge in [0.05, 0.1) is 12.6 Å². The minimum Gasteiger partial charge on any atom is -0.394 e. The molecule has 0 fully saturated rings. The Labute approximate surface area is 99.3 Å². The summed E-state index contributed by atoms with van der Waals surface area (Å²) in [5.74, 6) is 0.744. The third-order valence-electron chi connectivity index (χ3n) is 2.58. The van der Waals surface area contributed by atoms with Crippen molar-refractivity contribution in [1.82, 2.24) is 10.1 Å². The summed E-state index contributed by atoms with van der Waals surface area (Å²) in [5.41, 5.74) is 7.70. The Morgan fingerprint density at radius 3 is 2.65 bits per heavy atom. The second-order valence-corrected chi connectivity index (χ2v) is 3.80. The van der Waals surface area contributed by atoms with Gasteiger partial charge in [-0.2, -0.15) is 4.98 Å². The predicted molar refractivity (Wildman–Crippen MR) is 63.1 cm³/mol. The van der Waals surface area contributed by atoms with Crippen molar-refractivity contribution in [1.29, 1.82) is 0 Å². The Balaban J connectivity index is 2.24. The standard InChI is InChI=1S/C12H15N3O2/c1-2-8-3-5-9(6-4-8)12-14-11(15-17-12)10(13)7-16/h3-6,10,16H,2,7,13H2,1H3. The summed E-state index contributed by atoms with van der Waals surface area (Å²) < 4.78 is 5.09. The first-order valence-electron chi connectivity index (χ1n) is 5.54. The van der Waals surface area contributed by atoms with Crippen LogP contribution >= 0.6 is 0 Å². The molecule has 1 aromatic heterocycles. The molecule has 90 valence electrons. The van der Waals surface area contributed by atoms with Gasteiger partial charge in [-0.25, -0.2) is 0 Å². The van der Waals surface area contributed by atoms with E-state index >= 15 is 0 Å². The molecule has 1 unspecified atom stereocenters. The maximum absolute atomic E-state index is 8.89. The fraction of sp³-hybridized carbons (Fsp3) is 0.333. The Morgan fingerprint density at radius 2 is 2.06 bits per heavy atom. The fourth-order valence-corrected chi connectivity index (χ4v) is 1.47. The number of aromatic nitrogens is 2. The summed E-state index contributed by atoms with van der Waals surface area (Å²) in [4.78, 5) is 4.14. The topological polar surface area (TPSA) is 85.2 Å². The van der Waals surface area contributed by atoms with E-state index in [1.807, 2.05) is 24.3 Å². The lowest BCUT2D eigenvalue weighted by molar-refractivity contribution is 0.260. The summed E-state index contributed by atoms with van der Waals surface area (Å²) in [6.07, 6.45) is 0.991. The Bertz CT molecular complexity index is 479. The molecular weight excluding hydrogens is 218 g/mol. The molecule has 0 aliphatic rings. The molecule has 0 amide bonds. The van der Waals surface area contributed by atoms with E-state index in [2.05, 4.69) is 17.1 Å². The molecule has 5 nitrogen and oxygen atoms in total. The predicted octanol–water partition coefficient (Wildman–Crippen LogP) is 1.29. The van der Waals surface area contributed by atoms with Crippen LogP contribution in [0, 0.1) is 0 Å². The summed E-state index contributed by atoms with van der Waals surface area (Å²) in [7, 11) is 0. The zero-order chi connectivity index (χ0) is 12.3. The van der Waals surface area contributed by atoms with Crippen molar-refractivity contribution in [2.45, 2.75) is 19.4 Å². The average Bonchev–Trinajstić information content (AvgIpc) is 2.87. The number of hydrogen-bond donors (Lipinski definition) is 2. The highest BCUT2D eigenvalue weighted by molar-refractivity contribution is 5.53. The summed E-state index contributed by atoms with van der Waals surface area (Å²) in [5, 5.41) is 12.6. The van der Waals surface area contributed by atoms with Crippen LogP contribution in [0.2, 0.25) is 0 Å². The van der Waals surface area contributed by atoms with E-state index < -0.39 is 6.04 Å². The van der Waals surface area contributed by atoms with Crippen LogP contribution in [0.4, 0.5) is 0 Å². The van der Waals surface area contributed by atoms with Crippen LogP contribution in [0.5, 0.6) is 0 Å². The van der Waals surface area contributed by atoms with E-state index in [-0.39, 0.29) is 6.61 Å². The first-order chi connectivity index (χ1) is 8.24. The van der Waals surface area contributed by atoms with Crippen LogP contribution in [-0.4, -0.2) is 21.9 Å². The molecule has 0 aliphatic carbocycles. The smallest absolute Gasteiger partial charge is 0.257 e. The first kappa shape index (κ1) is 11.8. The fourth-order valence-electron chi connectivity index (χ4n) is 1.47. The first-order valence-corrected chi connectivity index (χ1v) is 5.54. The van der Waals surface area contributed by atoms with E-state index in [1.165, 1.54) is 5.56 Å². The number of aliphatic hydroxyl groups is 1. The Kier molecular flexibility index (Phi) is 3.51. The lowest BCUT2D eigenvalue weighted by Crippen LogP contribution is -2.15. The van der Waals surface area contributed by atoms with Gasteiger partial charge in [-0.3, -0.25) is 0 Å². The van der Waals surface area contributed by atoms with E-state index in [9.17, 15) is 0 Å². The maximum Gasteiger partial charge on any atom is 0.257 e. The largest absolute Gasteiger partial charge is 0.394 e. The van der Waals surface area contributed by atoms with Crippen LogP contribution in [0.1, 0.15) is 24.4 Å². The van der Waals surface area contributed by atoms with E-state index in [1.54, 1.807) is 0 Å². The van der Waals surface area contributed by atoms with E-state index in [0.717, 1.165) is 12.0 Å². The molecule has 0 aliphatic heterocycles. The number of hydrogen-bond acceptors (Lipinski definition) is 5. The quantitative estimate of drug-likeness (QED) is 0.831. The van der Waals surface area contributed by atoms with Crippen LogP contribution in [0.3, 0.4) is 0 Å². The number of aliphatic hydroxyl groups excluding tert-OH is 1. The van der Waals surface area contributed by atoms with Crippen molar-refractivity contribution in [3.8, 4) is 11.5 Å². The van der Waals surface area contributed by atoms with Gasteiger partial charge in [0.2, 0.25) is 0 Å². The van der Waals surface area contributed by atoms with Crippen LogP contribution in [0.15, 0.2) is 28.8 Å². The number of aryl methyl sites for hydroxylation is 1. The summed E-state index contributed by atoms with van der Waals surface area (Å²) in [6, 6.07) is 7.31. The summed E-state index contributed by atoms with van der Waals surface area (Å²) >= 11 is 0. The summed E-state index contributed by atoms with van der Waals surface area (Å²) in [6.45, 7) is 1.90. The average molecular weight is 233 g/mol. The molecule has 0 spiro atoms. The van der Waals surface area contributed by atoms with Crippen LogP contribution < -0.4 is 5.73 Å². The van der Waals surface area contributed by atoms with Crippen molar-refractivity contribution < 1.29 is 9.63 Å². The van der Waals surface area contributed by atoms with Crippen molar-refractivity contribution >= 4 is 0 Å². The van der Waals surface area contributed by atoms with Crippen molar-refractivity contribution in [2.75, 3.05) is 6.61 Å². The maximum atomic E-state index is 8.89. The van der Waals surface area contributed by atoms with Crippen molar-refractivity contribution in [3.63, 3.8) is 0 Å². The van der Waals surface area contributed by atoms with Gasteiger partial charge < -0.3 is 15.4 Å². The minimum atomic E-state index is -0.595. The molecule has 5 heteroatoms. The van der Waals surface area contributed by atoms with Gasteiger partial charge in [-0.05, 0) is 24.1 Å². The number of rotatable bonds is 4. The van der Waals surface area contributed by atoms with Crippen LogP contribution in [0.25, 0.3) is 11.5 Å². The van der Waals surface area contributed by atoms with Gasteiger partial charge in [0.1, 0.15) is 0 Å². The number of nitrogens with zero attached hydrogens (tertiary/aromatic N) is 2. The number of nitrogens with two attached hydrogens (primary N) is 1.